The summed E-state index contributed by atoms with van der Waals surface area (Å²) in [5.74, 6) is -1.31. The summed E-state index contributed by atoms with van der Waals surface area (Å²) < 4.78 is 0. The highest BCUT2D eigenvalue weighted by Crippen LogP contribution is 2.28. The number of aryl methyl sites for hydroxylation is 2. The number of thiophene rings is 1. The maximum absolute atomic E-state index is 12.2. The number of hydrogen-bond donors (Lipinski definition) is 2. The molecular formula is C14H16N2O3S2. The SMILES string of the molecule is Cc1nc(C(C)(C)NC(=O)c2ccc(C(=O)O)s2)sc1C. The highest BCUT2D eigenvalue weighted by Gasteiger charge is 2.28. The lowest BCUT2D eigenvalue weighted by Crippen LogP contribution is -2.40. The lowest BCUT2D eigenvalue weighted by Gasteiger charge is -2.23. The molecular weight excluding hydrogens is 308 g/mol. The highest BCUT2D eigenvalue weighted by atomic mass is 32.1. The standard InChI is InChI=1S/C14H16N2O3S2/c1-7-8(2)20-13(15-7)14(3,4)16-11(17)9-5-6-10(21-9)12(18)19/h5-6H,1-4H3,(H,16,17)(H,18,19). The molecule has 2 aromatic heterocycles. The Kier molecular flexibility index (Phi) is 4.15. The molecule has 0 bridgehead atoms. The van der Waals surface area contributed by atoms with Crippen LogP contribution >= 0.6 is 22.7 Å². The van der Waals surface area contributed by atoms with Gasteiger partial charge in [0.15, 0.2) is 0 Å². The third kappa shape index (κ3) is 3.30. The van der Waals surface area contributed by atoms with Crippen LogP contribution in [0.2, 0.25) is 0 Å². The van der Waals surface area contributed by atoms with Crippen LogP contribution < -0.4 is 5.32 Å². The fraction of sp³-hybridized carbons (Fsp3) is 0.357. The first-order valence-corrected chi connectivity index (χ1v) is 7.94. The smallest absolute Gasteiger partial charge is 0.345 e. The molecule has 0 radical (unpaired) electrons. The Labute approximate surface area is 130 Å². The van der Waals surface area contributed by atoms with Gasteiger partial charge in [-0.2, -0.15) is 0 Å². The zero-order valence-electron chi connectivity index (χ0n) is 12.2. The van der Waals surface area contributed by atoms with E-state index in [-0.39, 0.29) is 10.8 Å². The monoisotopic (exact) mass is 324 g/mol. The van der Waals surface area contributed by atoms with Gasteiger partial charge in [0, 0.05) is 4.88 Å². The van der Waals surface area contributed by atoms with Gasteiger partial charge in [-0.3, -0.25) is 4.79 Å². The largest absolute Gasteiger partial charge is 0.477 e. The molecule has 2 N–H and O–H groups in total. The summed E-state index contributed by atoms with van der Waals surface area (Å²) in [5, 5.41) is 12.6. The molecule has 0 saturated carbocycles. The molecule has 0 aliphatic heterocycles. The number of aromatic nitrogens is 1. The number of nitrogens with one attached hydrogen (secondary N) is 1. The molecule has 0 aromatic carbocycles. The third-order valence-corrected chi connectivity index (χ3v) is 5.50. The first-order valence-electron chi connectivity index (χ1n) is 6.31. The summed E-state index contributed by atoms with van der Waals surface area (Å²) in [6.45, 7) is 7.70. The van der Waals surface area contributed by atoms with Crippen molar-refractivity contribution in [2.45, 2.75) is 33.2 Å². The van der Waals surface area contributed by atoms with Crippen LogP contribution in [-0.4, -0.2) is 22.0 Å². The van der Waals surface area contributed by atoms with Gasteiger partial charge >= 0.3 is 5.97 Å². The zero-order chi connectivity index (χ0) is 15.8. The van der Waals surface area contributed by atoms with Crippen molar-refractivity contribution in [3.63, 3.8) is 0 Å². The molecule has 0 saturated heterocycles. The van der Waals surface area contributed by atoms with Crippen LogP contribution in [0.25, 0.3) is 0 Å². The van der Waals surface area contributed by atoms with Crippen LogP contribution in [-0.2, 0) is 5.54 Å². The second kappa shape index (κ2) is 5.57. The number of carboxylic acids is 1. The Bertz CT molecular complexity index is 681. The number of nitrogens with zero attached hydrogens (tertiary/aromatic N) is 1. The van der Waals surface area contributed by atoms with Crippen LogP contribution in [0.3, 0.4) is 0 Å². The fourth-order valence-electron chi connectivity index (χ4n) is 1.71. The Balaban J connectivity index is 2.18. The molecule has 1 amide bonds. The summed E-state index contributed by atoms with van der Waals surface area (Å²) in [6.07, 6.45) is 0. The lowest BCUT2D eigenvalue weighted by molar-refractivity contribution is 0.0702. The van der Waals surface area contributed by atoms with Crippen LogP contribution in [0.1, 0.15) is 48.8 Å². The molecule has 0 atom stereocenters. The van der Waals surface area contributed by atoms with E-state index in [2.05, 4.69) is 10.3 Å². The molecule has 0 spiro atoms. The fourth-order valence-corrected chi connectivity index (χ4v) is 3.43. The average molecular weight is 324 g/mol. The summed E-state index contributed by atoms with van der Waals surface area (Å²) >= 11 is 2.52. The summed E-state index contributed by atoms with van der Waals surface area (Å²) in [4.78, 5) is 29.2. The molecule has 0 unspecified atom stereocenters. The Morgan fingerprint density at radius 3 is 2.29 bits per heavy atom. The van der Waals surface area contributed by atoms with Gasteiger partial charge in [0.2, 0.25) is 0 Å². The van der Waals surface area contributed by atoms with Gasteiger partial charge in [0.1, 0.15) is 9.88 Å². The predicted octanol–water partition coefficient (Wildman–Crippen LogP) is 3.18. The molecule has 5 nitrogen and oxygen atoms in total. The van der Waals surface area contributed by atoms with Gasteiger partial charge in [-0.15, -0.1) is 22.7 Å². The quantitative estimate of drug-likeness (QED) is 0.905. The van der Waals surface area contributed by atoms with Gasteiger partial charge in [-0.25, -0.2) is 9.78 Å². The third-order valence-electron chi connectivity index (χ3n) is 3.03. The second-order valence-corrected chi connectivity index (χ2v) is 7.50. The topological polar surface area (TPSA) is 79.3 Å². The van der Waals surface area contributed by atoms with Crippen molar-refractivity contribution in [2.24, 2.45) is 0 Å². The van der Waals surface area contributed by atoms with Crippen LogP contribution in [0.15, 0.2) is 12.1 Å². The zero-order valence-corrected chi connectivity index (χ0v) is 13.8. The van der Waals surface area contributed by atoms with E-state index in [0.717, 1.165) is 26.9 Å². The molecule has 2 rings (SSSR count). The van der Waals surface area contributed by atoms with Crippen LogP contribution in [0.5, 0.6) is 0 Å². The molecule has 0 aliphatic rings. The van der Waals surface area contributed by atoms with Gasteiger partial charge in [0.25, 0.3) is 5.91 Å². The molecule has 7 heteroatoms. The minimum absolute atomic E-state index is 0.152. The Morgan fingerprint density at radius 2 is 1.81 bits per heavy atom. The van der Waals surface area contributed by atoms with E-state index in [1.54, 1.807) is 11.3 Å². The predicted molar refractivity (Wildman–Crippen MR) is 83.4 cm³/mol. The van der Waals surface area contributed by atoms with Crippen LogP contribution in [0, 0.1) is 13.8 Å². The number of carbonyl (C=O) groups excluding carboxylic acids is 1. The number of rotatable bonds is 4. The summed E-state index contributed by atoms with van der Waals surface area (Å²) in [5.41, 5.74) is 0.357. The lowest BCUT2D eigenvalue weighted by atomic mass is 10.1. The number of aromatic carboxylic acids is 1. The summed E-state index contributed by atoms with van der Waals surface area (Å²) in [7, 11) is 0. The highest BCUT2D eigenvalue weighted by molar-refractivity contribution is 7.15. The number of thiazole rings is 1. The normalized spacial score (nSPS) is 11.4. The maximum atomic E-state index is 12.2. The average Bonchev–Trinajstić information content (AvgIpc) is 2.97. The van der Waals surface area contributed by atoms with Crippen molar-refractivity contribution in [3.8, 4) is 0 Å². The van der Waals surface area contributed by atoms with Crippen molar-refractivity contribution < 1.29 is 14.7 Å². The summed E-state index contributed by atoms with van der Waals surface area (Å²) in [6, 6.07) is 2.96. The Hall–Kier alpha value is -1.73. The molecule has 21 heavy (non-hydrogen) atoms. The van der Waals surface area contributed by atoms with Crippen molar-refractivity contribution >= 4 is 34.6 Å². The minimum atomic E-state index is -1.02. The van der Waals surface area contributed by atoms with E-state index in [9.17, 15) is 9.59 Å². The number of carboxylic acid groups (broad SMARTS) is 1. The van der Waals surface area contributed by atoms with Crippen molar-refractivity contribution in [2.75, 3.05) is 0 Å². The van der Waals surface area contributed by atoms with Crippen molar-refractivity contribution in [1.29, 1.82) is 0 Å². The molecule has 2 aromatic rings. The minimum Gasteiger partial charge on any atom is -0.477 e. The van der Waals surface area contributed by atoms with E-state index in [1.165, 1.54) is 12.1 Å². The molecule has 112 valence electrons. The molecule has 2 heterocycles. The van der Waals surface area contributed by atoms with Crippen molar-refractivity contribution in [3.05, 3.63) is 37.5 Å². The van der Waals surface area contributed by atoms with Crippen molar-refractivity contribution in [1.82, 2.24) is 10.3 Å². The number of carbonyl (C=O) groups is 2. The van der Waals surface area contributed by atoms with Gasteiger partial charge in [-0.1, -0.05) is 0 Å². The first-order chi connectivity index (χ1) is 9.70. The van der Waals surface area contributed by atoms with E-state index < -0.39 is 11.5 Å². The molecule has 0 fully saturated rings. The maximum Gasteiger partial charge on any atom is 0.345 e. The van der Waals surface area contributed by atoms with E-state index in [0.29, 0.717) is 4.88 Å². The van der Waals surface area contributed by atoms with Crippen LogP contribution in [0.4, 0.5) is 0 Å². The second-order valence-electron chi connectivity index (χ2n) is 5.21. The van der Waals surface area contributed by atoms with Gasteiger partial charge in [0.05, 0.1) is 16.1 Å². The van der Waals surface area contributed by atoms with E-state index >= 15 is 0 Å². The number of amides is 1. The van der Waals surface area contributed by atoms with E-state index in [4.69, 9.17) is 5.11 Å². The first kappa shape index (κ1) is 15.7. The molecule has 0 aliphatic carbocycles. The van der Waals surface area contributed by atoms with Gasteiger partial charge < -0.3 is 10.4 Å². The Morgan fingerprint density at radius 1 is 1.19 bits per heavy atom. The number of hydrogen-bond acceptors (Lipinski definition) is 5. The van der Waals surface area contributed by atoms with E-state index in [1.807, 2.05) is 27.7 Å². The van der Waals surface area contributed by atoms with Gasteiger partial charge in [-0.05, 0) is 39.8 Å².